The minimum absolute atomic E-state index is 0.141. The lowest BCUT2D eigenvalue weighted by Crippen LogP contribution is -2.21. The molecule has 106 valence electrons. The van der Waals surface area contributed by atoms with E-state index in [1.165, 1.54) is 25.7 Å². The van der Waals surface area contributed by atoms with E-state index in [9.17, 15) is 0 Å². The maximum Gasteiger partial charge on any atom is 0.218 e. The molecule has 0 bridgehead atoms. The van der Waals surface area contributed by atoms with Crippen molar-refractivity contribution < 1.29 is 4.74 Å². The highest BCUT2D eigenvalue weighted by atomic mass is 16.5. The number of rotatable bonds is 5. The van der Waals surface area contributed by atoms with Gasteiger partial charge in [-0.05, 0) is 38.5 Å². The van der Waals surface area contributed by atoms with Gasteiger partial charge < -0.3 is 10.1 Å². The molecule has 1 aliphatic rings. The largest absolute Gasteiger partial charge is 0.475 e. The Morgan fingerprint density at radius 1 is 1.37 bits per heavy atom. The molecule has 1 aromatic heterocycles. The number of ether oxygens (including phenoxy) is 1. The fourth-order valence-corrected chi connectivity index (χ4v) is 2.74. The highest BCUT2D eigenvalue weighted by Crippen LogP contribution is 2.28. The average molecular weight is 263 g/mol. The van der Waals surface area contributed by atoms with Crippen LogP contribution in [0.15, 0.2) is 12.4 Å². The van der Waals surface area contributed by atoms with Crippen LogP contribution in [0.4, 0.5) is 5.82 Å². The molecule has 0 amide bonds. The zero-order valence-electron chi connectivity index (χ0n) is 12.2. The number of nitrogens with zero attached hydrogens (tertiary/aromatic N) is 2. The third-order valence-electron chi connectivity index (χ3n) is 3.62. The van der Waals surface area contributed by atoms with Crippen LogP contribution in [0.1, 0.15) is 46.5 Å². The second-order valence-corrected chi connectivity index (χ2v) is 5.93. The second kappa shape index (κ2) is 6.73. The summed E-state index contributed by atoms with van der Waals surface area (Å²) in [4.78, 5) is 8.36. The Bertz CT molecular complexity index is 395. The first-order valence-corrected chi connectivity index (χ1v) is 7.36. The Hall–Kier alpha value is -1.32. The zero-order chi connectivity index (χ0) is 13.7. The van der Waals surface area contributed by atoms with E-state index in [-0.39, 0.29) is 6.10 Å². The van der Waals surface area contributed by atoms with Crippen LogP contribution in [-0.2, 0) is 0 Å². The van der Waals surface area contributed by atoms with E-state index < -0.39 is 0 Å². The maximum absolute atomic E-state index is 5.57. The van der Waals surface area contributed by atoms with Crippen LogP contribution in [0.2, 0.25) is 0 Å². The SMILES string of the molecule is CC1CCCC(CNc2cc(OC(C)C)ncn2)C1. The first-order valence-electron chi connectivity index (χ1n) is 7.36. The number of hydrogen-bond donors (Lipinski definition) is 1. The van der Waals surface area contributed by atoms with Crippen molar-refractivity contribution in [1.82, 2.24) is 9.97 Å². The van der Waals surface area contributed by atoms with Crippen molar-refractivity contribution in [2.45, 2.75) is 52.6 Å². The second-order valence-electron chi connectivity index (χ2n) is 5.93. The standard InChI is InChI=1S/C15H25N3O/c1-11(2)19-15-8-14(17-10-18-15)16-9-13-6-4-5-12(3)7-13/h8,10-13H,4-7,9H2,1-3H3,(H,16,17,18). The molecule has 1 fully saturated rings. The molecule has 1 saturated carbocycles. The van der Waals surface area contributed by atoms with Gasteiger partial charge in [-0.2, -0.15) is 0 Å². The van der Waals surface area contributed by atoms with E-state index in [4.69, 9.17) is 4.74 Å². The molecule has 1 aromatic rings. The van der Waals surface area contributed by atoms with Gasteiger partial charge in [-0.3, -0.25) is 0 Å². The van der Waals surface area contributed by atoms with Crippen molar-refractivity contribution in [3.05, 3.63) is 12.4 Å². The van der Waals surface area contributed by atoms with Gasteiger partial charge in [-0.25, -0.2) is 9.97 Å². The van der Waals surface area contributed by atoms with Crippen molar-refractivity contribution in [2.75, 3.05) is 11.9 Å². The third-order valence-corrected chi connectivity index (χ3v) is 3.62. The van der Waals surface area contributed by atoms with E-state index >= 15 is 0 Å². The monoisotopic (exact) mass is 263 g/mol. The topological polar surface area (TPSA) is 47.0 Å². The molecule has 19 heavy (non-hydrogen) atoms. The normalized spacial score (nSPS) is 23.4. The van der Waals surface area contributed by atoms with E-state index in [2.05, 4.69) is 22.2 Å². The maximum atomic E-state index is 5.57. The van der Waals surface area contributed by atoms with Gasteiger partial charge in [0.05, 0.1) is 6.10 Å². The van der Waals surface area contributed by atoms with Crippen LogP contribution in [0, 0.1) is 11.8 Å². The van der Waals surface area contributed by atoms with Crippen LogP contribution >= 0.6 is 0 Å². The van der Waals surface area contributed by atoms with Crippen molar-refractivity contribution in [3.63, 3.8) is 0 Å². The first kappa shape index (κ1) is 14.1. The number of anilines is 1. The first-order chi connectivity index (χ1) is 9.13. The summed E-state index contributed by atoms with van der Waals surface area (Å²) >= 11 is 0. The molecule has 4 heteroatoms. The average Bonchev–Trinajstić information content (AvgIpc) is 2.36. The quantitative estimate of drug-likeness (QED) is 0.883. The predicted octanol–water partition coefficient (Wildman–Crippen LogP) is 3.50. The van der Waals surface area contributed by atoms with Gasteiger partial charge in [0.2, 0.25) is 5.88 Å². The highest BCUT2D eigenvalue weighted by molar-refractivity contribution is 5.37. The Balaban J connectivity index is 1.85. The summed E-state index contributed by atoms with van der Waals surface area (Å²) < 4.78 is 5.57. The van der Waals surface area contributed by atoms with E-state index in [1.54, 1.807) is 6.33 Å². The number of nitrogens with one attached hydrogen (secondary N) is 1. The molecule has 2 atom stereocenters. The third kappa shape index (κ3) is 4.69. The lowest BCUT2D eigenvalue weighted by atomic mass is 9.82. The highest BCUT2D eigenvalue weighted by Gasteiger charge is 2.18. The van der Waals surface area contributed by atoms with Gasteiger partial charge in [0, 0.05) is 12.6 Å². The summed E-state index contributed by atoms with van der Waals surface area (Å²) in [6, 6.07) is 1.88. The summed E-state index contributed by atoms with van der Waals surface area (Å²) in [5, 5.41) is 3.42. The molecule has 0 saturated heterocycles. The Labute approximate surface area is 116 Å². The molecule has 4 nitrogen and oxygen atoms in total. The van der Waals surface area contributed by atoms with Crippen LogP contribution < -0.4 is 10.1 Å². The lowest BCUT2D eigenvalue weighted by molar-refractivity contribution is 0.232. The van der Waals surface area contributed by atoms with E-state index in [0.29, 0.717) is 5.88 Å². The van der Waals surface area contributed by atoms with Gasteiger partial charge >= 0.3 is 0 Å². The molecular weight excluding hydrogens is 238 g/mol. The summed E-state index contributed by atoms with van der Waals surface area (Å²) in [5.41, 5.74) is 0. The van der Waals surface area contributed by atoms with Gasteiger partial charge in [-0.1, -0.05) is 19.8 Å². The van der Waals surface area contributed by atoms with Crippen molar-refractivity contribution in [1.29, 1.82) is 0 Å². The molecular formula is C15H25N3O. The molecule has 0 aliphatic heterocycles. The summed E-state index contributed by atoms with van der Waals surface area (Å²) in [6.45, 7) is 7.35. The van der Waals surface area contributed by atoms with Gasteiger partial charge in [0.1, 0.15) is 12.1 Å². The van der Waals surface area contributed by atoms with Gasteiger partial charge in [0.15, 0.2) is 0 Å². The van der Waals surface area contributed by atoms with E-state index in [1.807, 2.05) is 19.9 Å². The van der Waals surface area contributed by atoms with Crippen molar-refractivity contribution in [2.24, 2.45) is 11.8 Å². The van der Waals surface area contributed by atoms with Crippen LogP contribution in [0.5, 0.6) is 5.88 Å². The molecule has 0 spiro atoms. The van der Waals surface area contributed by atoms with Crippen molar-refractivity contribution >= 4 is 5.82 Å². The van der Waals surface area contributed by atoms with Crippen molar-refractivity contribution in [3.8, 4) is 5.88 Å². The fourth-order valence-electron chi connectivity index (χ4n) is 2.74. The molecule has 1 N–H and O–H groups in total. The summed E-state index contributed by atoms with van der Waals surface area (Å²) in [6.07, 6.45) is 7.10. The molecule has 0 radical (unpaired) electrons. The predicted molar refractivity (Wildman–Crippen MR) is 77.4 cm³/mol. The Morgan fingerprint density at radius 3 is 2.95 bits per heavy atom. The van der Waals surface area contributed by atoms with Crippen LogP contribution in [-0.4, -0.2) is 22.6 Å². The summed E-state index contributed by atoms with van der Waals surface area (Å²) in [5.74, 6) is 3.15. The molecule has 1 aliphatic carbocycles. The molecule has 2 unspecified atom stereocenters. The summed E-state index contributed by atoms with van der Waals surface area (Å²) in [7, 11) is 0. The minimum atomic E-state index is 0.141. The Kier molecular flexibility index (Phi) is 5.00. The van der Waals surface area contributed by atoms with Crippen LogP contribution in [0.3, 0.4) is 0 Å². The van der Waals surface area contributed by atoms with Gasteiger partial charge in [0.25, 0.3) is 0 Å². The van der Waals surface area contributed by atoms with E-state index in [0.717, 1.165) is 24.2 Å². The fraction of sp³-hybridized carbons (Fsp3) is 0.733. The lowest BCUT2D eigenvalue weighted by Gasteiger charge is -2.26. The smallest absolute Gasteiger partial charge is 0.218 e. The number of aromatic nitrogens is 2. The molecule has 2 rings (SSSR count). The molecule has 1 heterocycles. The number of hydrogen-bond acceptors (Lipinski definition) is 4. The van der Waals surface area contributed by atoms with Gasteiger partial charge in [-0.15, -0.1) is 0 Å². The zero-order valence-corrected chi connectivity index (χ0v) is 12.2. The molecule has 0 aromatic carbocycles. The van der Waals surface area contributed by atoms with Crippen LogP contribution in [0.25, 0.3) is 0 Å². The minimum Gasteiger partial charge on any atom is -0.475 e. The Morgan fingerprint density at radius 2 is 2.21 bits per heavy atom.